The molecule has 1 aromatic carbocycles. The van der Waals surface area contributed by atoms with E-state index in [-0.39, 0.29) is 12.4 Å². The van der Waals surface area contributed by atoms with Crippen molar-refractivity contribution in [1.82, 2.24) is 9.55 Å². The lowest BCUT2D eigenvalue weighted by Gasteiger charge is -2.05. The molecule has 0 saturated carbocycles. The van der Waals surface area contributed by atoms with Crippen LogP contribution in [0.4, 0.5) is 0 Å². The van der Waals surface area contributed by atoms with Crippen LogP contribution in [-0.4, -0.2) is 19.8 Å². The number of hydrogen-bond donors (Lipinski definition) is 2. The first-order valence-electron chi connectivity index (χ1n) is 6.09. The molecule has 0 radical (unpaired) electrons. The molecule has 2 aromatic heterocycles. The van der Waals surface area contributed by atoms with E-state index >= 15 is 0 Å². The molecule has 2 N–H and O–H groups in total. The molecule has 0 fully saturated rings. The highest BCUT2D eigenvalue weighted by atomic mass is 16.3. The molecule has 0 atom stereocenters. The third kappa shape index (κ3) is 2.18. The minimum atomic E-state index is -0.00473. The summed E-state index contributed by atoms with van der Waals surface area (Å²) in [7, 11) is 0. The second kappa shape index (κ2) is 4.74. The minimum Gasteiger partial charge on any atom is -0.508 e. The third-order valence-corrected chi connectivity index (χ3v) is 3.15. The molecule has 3 aromatic rings. The van der Waals surface area contributed by atoms with Gasteiger partial charge in [-0.15, -0.1) is 0 Å². The third-order valence-electron chi connectivity index (χ3n) is 3.15. The van der Waals surface area contributed by atoms with Crippen molar-refractivity contribution < 1.29 is 10.2 Å². The molecular formula is C15H14N2O2. The van der Waals surface area contributed by atoms with Gasteiger partial charge in [0.15, 0.2) is 0 Å². The average molecular weight is 254 g/mol. The van der Waals surface area contributed by atoms with E-state index in [0.717, 1.165) is 22.2 Å². The maximum Gasteiger partial charge on any atom is 0.140 e. The van der Waals surface area contributed by atoms with E-state index in [1.54, 1.807) is 18.3 Å². The molecule has 0 aliphatic rings. The Hall–Kier alpha value is -2.33. The van der Waals surface area contributed by atoms with Crippen LogP contribution in [0.5, 0.6) is 5.75 Å². The van der Waals surface area contributed by atoms with Crippen molar-refractivity contribution >= 4 is 11.0 Å². The van der Waals surface area contributed by atoms with Gasteiger partial charge in [-0.1, -0.05) is 12.1 Å². The first-order valence-corrected chi connectivity index (χ1v) is 6.09. The van der Waals surface area contributed by atoms with Crippen LogP contribution in [0, 0.1) is 0 Å². The van der Waals surface area contributed by atoms with Crippen LogP contribution in [0.1, 0.15) is 11.1 Å². The van der Waals surface area contributed by atoms with Crippen molar-refractivity contribution in [2.24, 2.45) is 0 Å². The fraction of sp³-hybridized carbons (Fsp3) is 0.133. The lowest BCUT2D eigenvalue weighted by molar-refractivity contribution is 0.283. The highest BCUT2D eigenvalue weighted by Crippen LogP contribution is 2.21. The number of nitrogens with zero attached hydrogens (tertiary/aromatic N) is 2. The lowest BCUT2D eigenvalue weighted by atomic mass is 10.2. The molecule has 0 aliphatic carbocycles. The fourth-order valence-corrected chi connectivity index (χ4v) is 2.29. The van der Waals surface area contributed by atoms with Crippen LogP contribution in [0.3, 0.4) is 0 Å². The summed E-state index contributed by atoms with van der Waals surface area (Å²) in [5.74, 6) is 0.254. The number of rotatable bonds is 3. The molecular weight excluding hydrogens is 240 g/mol. The van der Waals surface area contributed by atoms with Crippen molar-refractivity contribution in [2.75, 3.05) is 0 Å². The monoisotopic (exact) mass is 254 g/mol. The summed E-state index contributed by atoms with van der Waals surface area (Å²) in [6.45, 7) is 0.608. The summed E-state index contributed by atoms with van der Waals surface area (Å²) in [4.78, 5) is 4.36. The number of phenols is 1. The highest BCUT2D eigenvalue weighted by molar-refractivity contribution is 5.80. The van der Waals surface area contributed by atoms with Crippen LogP contribution in [-0.2, 0) is 13.2 Å². The SMILES string of the molecule is OCc1cn(Cc2cccc(O)c2)c2ncccc12. The van der Waals surface area contributed by atoms with E-state index in [9.17, 15) is 10.2 Å². The van der Waals surface area contributed by atoms with Crippen LogP contribution in [0.25, 0.3) is 11.0 Å². The van der Waals surface area contributed by atoms with Gasteiger partial charge in [-0.2, -0.15) is 0 Å². The summed E-state index contributed by atoms with van der Waals surface area (Å²) in [6, 6.07) is 11.0. The highest BCUT2D eigenvalue weighted by Gasteiger charge is 2.08. The van der Waals surface area contributed by atoms with Gasteiger partial charge in [-0.05, 0) is 29.8 Å². The van der Waals surface area contributed by atoms with Crippen LogP contribution >= 0.6 is 0 Å². The normalized spacial score (nSPS) is 11.0. The van der Waals surface area contributed by atoms with Gasteiger partial charge in [-0.3, -0.25) is 0 Å². The molecule has 4 heteroatoms. The van der Waals surface area contributed by atoms with Crippen molar-refractivity contribution in [3.05, 3.63) is 59.9 Å². The van der Waals surface area contributed by atoms with Gasteiger partial charge < -0.3 is 14.8 Å². The summed E-state index contributed by atoms with van der Waals surface area (Å²) >= 11 is 0. The number of aromatic nitrogens is 2. The number of fused-ring (bicyclic) bond motifs is 1. The first-order chi connectivity index (χ1) is 9.28. The molecule has 96 valence electrons. The van der Waals surface area contributed by atoms with Gasteiger partial charge in [0.2, 0.25) is 0 Å². The molecule has 4 nitrogen and oxygen atoms in total. The first kappa shape index (κ1) is 11.7. The number of phenolic OH excluding ortho intramolecular Hbond substituents is 1. The van der Waals surface area contributed by atoms with Crippen molar-refractivity contribution in [3.8, 4) is 5.75 Å². The van der Waals surface area contributed by atoms with Gasteiger partial charge in [-0.25, -0.2) is 4.98 Å². The largest absolute Gasteiger partial charge is 0.508 e. The number of hydrogen-bond acceptors (Lipinski definition) is 3. The van der Waals surface area contributed by atoms with Crippen LogP contribution in [0.15, 0.2) is 48.8 Å². The Balaban J connectivity index is 2.06. The number of aliphatic hydroxyl groups excluding tert-OH is 1. The average Bonchev–Trinajstić information content (AvgIpc) is 2.77. The molecule has 0 aliphatic heterocycles. The molecule has 2 heterocycles. The van der Waals surface area contributed by atoms with Crippen molar-refractivity contribution in [3.63, 3.8) is 0 Å². The molecule has 0 saturated heterocycles. The van der Waals surface area contributed by atoms with Gasteiger partial charge in [0, 0.05) is 29.9 Å². The predicted molar refractivity (Wildman–Crippen MR) is 72.9 cm³/mol. The zero-order valence-corrected chi connectivity index (χ0v) is 10.3. The van der Waals surface area contributed by atoms with E-state index in [2.05, 4.69) is 4.98 Å². The summed E-state index contributed by atoms with van der Waals surface area (Å²) in [5.41, 5.74) is 2.70. The Labute approximate surface area is 110 Å². The van der Waals surface area contributed by atoms with E-state index in [1.807, 2.05) is 35.0 Å². The van der Waals surface area contributed by atoms with E-state index in [1.165, 1.54) is 0 Å². The van der Waals surface area contributed by atoms with E-state index in [0.29, 0.717) is 6.54 Å². The minimum absolute atomic E-state index is 0.00473. The maximum absolute atomic E-state index is 9.49. The molecule has 0 spiro atoms. The Morgan fingerprint density at radius 2 is 2.05 bits per heavy atom. The van der Waals surface area contributed by atoms with Gasteiger partial charge >= 0.3 is 0 Å². The predicted octanol–water partition coefficient (Wildman–Crippen LogP) is 2.28. The second-order valence-electron chi connectivity index (χ2n) is 4.48. The molecule has 0 amide bonds. The van der Waals surface area contributed by atoms with Gasteiger partial charge in [0.25, 0.3) is 0 Å². The Morgan fingerprint density at radius 1 is 1.16 bits per heavy atom. The number of benzene rings is 1. The maximum atomic E-state index is 9.49. The Morgan fingerprint density at radius 3 is 2.84 bits per heavy atom. The van der Waals surface area contributed by atoms with E-state index in [4.69, 9.17) is 0 Å². The standard InChI is InChI=1S/C15H14N2O2/c18-10-12-9-17(15-14(12)5-2-6-16-15)8-11-3-1-4-13(19)7-11/h1-7,9,18-19H,8,10H2. The van der Waals surface area contributed by atoms with Crippen LogP contribution < -0.4 is 0 Å². The number of aliphatic hydroxyl groups is 1. The Bertz CT molecular complexity index is 719. The quantitative estimate of drug-likeness (QED) is 0.754. The summed E-state index contributed by atoms with van der Waals surface area (Å²) in [6.07, 6.45) is 3.64. The van der Waals surface area contributed by atoms with Gasteiger partial charge in [0.1, 0.15) is 11.4 Å². The molecule has 19 heavy (non-hydrogen) atoms. The van der Waals surface area contributed by atoms with Crippen LogP contribution in [0.2, 0.25) is 0 Å². The van der Waals surface area contributed by atoms with Crippen molar-refractivity contribution in [2.45, 2.75) is 13.2 Å². The number of pyridine rings is 1. The smallest absolute Gasteiger partial charge is 0.140 e. The van der Waals surface area contributed by atoms with Crippen molar-refractivity contribution in [1.29, 1.82) is 0 Å². The lowest BCUT2D eigenvalue weighted by Crippen LogP contribution is -1.98. The second-order valence-corrected chi connectivity index (χ2v) is 4.48. The van der Waals surface area contributed by atoms with E-state index < -0.39 is 0 Å². The number of aromatic hydroxyl groups is 1. The zero-order valence-electron chi connectivity index (χ0n) is 10.3. The topological polar surface area (TPSA) is 58.3 Å². The molecule has 3 rings (SSSR count). The Kier molecular flexibility index (Phi) is 2.93. The fourth-order valence-electron chi connectivity index (χ4n) is 2.29. The molecule has 0 unspecified atom stereocenters. The van der Waals surface area contributed by atoms with Gasteiger partial charge in [0.05, 0.1) is 6.61 Å². The summed E-state index contributed by atoms with van der Waals surface area (Å²) in [5, 5.41) is 19.8. The zero-order chi connectivity index (χ0) is 13.2. The molecule has 0 bridgehead atoms. The summed E-state index contributed by atoms with van der Waals surface area (Å²) < 4.78 is 1.98.